The van der Waals surface area contributed by atoms with Gasteiger partial charge in [0.15, 0.2) is 11.5 Å². The van der Waals surface area contributed by atoms with Crippen LogP contribution in [0.4, 0.5) is 5.88 Å². The molecule has 2 aliphatic heterocycles. The van der Waals surface area contributed by atoms with E-state index >= 15 is 0 Å². The highest BCUT2D eigenvalue weighted by molar-refractivity contribution is 5.77. The molecule has 0 saturated carbocycles. The zero-order valence-electron chi connectivity index (χ0n) is 10.8. The zero-order valence-corrected chi connectivity index (χ0v) is 10.8. The van der Waals surface area contributed by atoms with E-state index in [4.69, 9.17) is 24.5 Å². The van der Waals surface area contributed by atoms with E-state index < -0.39 is 0 Å². The lowest BCUT2D eigenvalue weighted by Gasteiger charge is -2.08. The summed E-state index contributed by atoms with van der Waals surface area (Å²) in [5.41, 5.74) is 8.38. The van der Waals surface area contributed by atoms with Crippen molar-refractivity contribution in [1.29, 1.82) is 0 Å². The van der Waals surface area contributed by atoms with Gasteiger partial charge < -0.3 is 24.5 Å². The first-order valence-electron chi connectivity index (χ1n) is 6.59. The van der Waals surface area contributed by atoms with Gasteiger partial charge in [0, 0.05) is 6.61 Å². The van der Waals surface area contributed by atoms with Crippen molar-refractivity contribution in [3.05, 3.63) is 23.9 Å². The van der Waals surface area contributed by atoms with Gasteiger partial charge in [-0.05, 0) is 30.5 Å². The molecular formula is C14H14N2O4. The average molecular weight is 274 g/mol. The number of aromatic nitrogens is 1. The number of rotatable bonds is 2. The Bertz CT molecular complexity index is 647. The third-order valence-corrected chi connectivity index (χ3v) is 3.64. The quantitative estimate of drug-likeness (QED) is 0.906. The minimum Gasteiger partial charge on any atom is -0.454 e. The number of hydrogen-bond donors (Lipinski definition) is 1. The number of nitrogen functional groups attached to an aromatic ring is 1. The molecule has 3 heterocycles. The Morgan fingerprint density at radius 1 is 1.20 bits per heavy atom. The van der Waals surface area contributed by atoms with Crippen LogP contribution in [0.15, 0.2) is 22.7 Å². The van der Waals surface area contributed by atoms with Gasteiger partial charge in [-0.3, -0.25) is 0 Å². The van der Waals surface area contributed by atoms with Gasteiger partial charge in [-0.25, -0.2) is 0 Å². The smallest absolute Gasteiger partial charge is 0.231 e. The molecule has 6 heteroatoms. The molecular weight excluding hydrogens is 260 g/mol. The summed E-state index contributed by atoms with van der Waals surface area (Å²) >= 11 is 0. The monoisotopic (exact) mass is 274 g/mol. The molecule has 4 rings (SSSR count). The second kappa shape index (κ2) is 4.42. The Morgan fingerprint density at radius 3 is 2.95 bits per heavy atom. The van der Waals surface area contributed by atoms with Crippen LogP contribution >= 0.6 is 0 Å². The fourth-order valence-corrected chi connectivity index (χ4v) is 2.67. The average Bonchev–Trinajstić information content (AvgIpc) is 3.17. The third kappa shape index (κ3) is 1.72. The summed E-state index contributed by atoms with van der Waals surface area (Å²) in [7, 11) is 0. The van der Waals surface area contributed by atoms with E-state index in [1.54, 1.807) is 0 Å². The van der Waals surface area contributed by atoms with Gasteiger partial charge in [0.1, 0.15) is 11.8 Å². The molecule has 1 aromatic heterocycles. The van der Waals surface area contributed by atoms with Gasteiger partial charge in [-0.15, -0.1) is 0 Å². The fraction of sp³-hybridized carbons (Fsp3) is 0.357. The van der Waals surface area contributed by atoms with E-state index in [-0.39, 0.29) is 12.9 Å². The van der Waals surface area contributed by atoms with Crippen LogP contribution in [0.1, 0.15) is 24.6 Å². The van der Waals surface area contributed by atoms with E-state index in [0.717, 1.165) is 42.0 Å². The zero-order chi connectivity index (χ0) is 13.5. The minimum absolute atomic E-state index is 0.0449. The second-order valence-corrected chi connectivity index (χ2v) is 4.88. The molecule has 2 N–H and O–H groups in total. The molecule has 20 heavy (non-hydrogen) atoms. The molecule has 0 radical (unpaired) electrons. The number of ether oxygens (including phenoxy) is 3. The molecule has 104 valence electrons. The Balaban J connectivity index is 1.79. The van der Waals surface area contributed by atoms with Crippen molar-refractivity contribution < 1.29 is 18.7 Å². The number of fused-ring (bicyclic) bond motifs is 1. The number of hydrogen-bond acceptors (Lipinski definition) is 6. The molecule has 1 aromatic carbocycles. The molecule has 0 aliphatic carbocycles. The van der Waals surface area contributed by atoms with Gasteiger partial charge in [0.05, 0.1) is 5.56 Å². The maximum atomic E-state index is 5.93. The summed E-state index contributed by atoms with van der Waals surface area (Å²) < 4.78 is 21.5. The first kappa shape index (κ1) is 11.6. The van der Waals surface area contributed by atoms with Gasteiger partial charge in [0.25, 0.3) is 0 Å². The van der Waals surface area contributed by atoms with E-state index in [9.17, 15) is 0 Å². The maximum absolute atomic E-state index is 5.93. The van der Waals surface area contributed by atoms with Crippen molar-refractivity contribution >= 4 is 5.88 Å². The largest absolute Gasteiger partial charge is 0.454 e. The molecule has 0 spiro atoms. The molecule has 0 amide bonds. The summed E-state index contributed by atoms with van der Waals surface area (Å²) in [4.78, 5) is 0. The standard InChI is InChI=1S/C14H14N2O4/c15-14-12(13(16-20-14)10-2-1-5-17-10)8-3-4-9-11(6-8)19-7-18-9/h3-4,6,10H,1-2,5,7,15H2. The normalized spacial score (nSPS) is 20.5. The summed E-state index contributed by atoms with van der Waals surface area (Å²) in [6.07, 6.45) is 1.91. The summed E-state index contributed by atoms with van der Waals surface area (Å²) in [6.45, 7) is 0.995. The molecule has 2 aliphatic rings. The Morgan fingerprint density at radius 2 is 2.10 bits per heavy atom. The first-order chi connectivity index (χ1) is 9.83. The molecule has 1 fully saturated rings. The maximum Gasteiger partial charge on any atom is 0.231 e. The summed E-state index contributed by atoms with van der Waals surface area (Å²) in [5.74, 6) is 1.75. The number of nitrogens with two attached hydrogens (primary N) is 1. The Kier molecular flexibility index (Phi) is 2.56. The first-order valence-corrected chi connectivity index (χ1v) is 6.59. The number of anilines is 1. The topological polar surface area (TPSA) is 79.7 Å². The van der Waals surface area contributed by atoms with Crippen LogP contribution in [0.5, 0.6) is 11.5 Å². The lowest BCUT2D eigenvalue weighted by Crippen LogP contribution is -1.99. The molecule has 1 unspecified atom stereocenters. The molecule has 6 nitrogen and oxygen atoms in total. The van der Waals surface area contributed by atoms with E-state index in [1.165, 1.54) is 0 Å². The van der Waals surface area contributed by atoms with Crippen LogP contribution in [0.25, 0.3) is 11.1 Å². The van der Waals surface area contributed by atoms with Gasteiger partial charge >= 0.3 is 0 Å². The van der Waals surface area contributed by atoms with Gasteiger partial charge in [-0.1, -0.05) is 11.2 Å². The third-order valence-electron chi connectivity index (χ3n) is 3.64. The molecule has 1 atom stereocenters. The molecule has 2 aromatic rings. The predicted octanol–water partition coefficient (Wildman–Crippen LogP) is 2.50. The molecule has 0 bridgehead atoms. The summed E-state index contributed by atoms with van der Waals surface area (Å²) in [6, 6.07) is 5.68. The van der Waals surface area contributed by atoms with Crippen LogP contribution in [-0.4, -0.2) is 18.6 Å². The second-order valence-electron chi connectivity index (χ2n) is 4.88. The van der Waals surface area contributed by atoms with Crippen LogP contribution in [-0.2, 0) is 4.74 Å². The minimum atomic E-state index is -0.0449. The van der Waals surface area contributed by atoms with Crippen molar-refractivity contribution in [2.75, 3.05) is 19.1 Å². The van der Waals surface area contributed by atoms with Crippen LogP contribution in [0.3, 0.4) is 0 Å². The highest BCUT2D eigenvalue weighted by Gasteiger charge is 2.28. The Labute approximate surface area is 115 Å². The predicted molar refractivity (Wildman–Crippen MR) is 70.4 cm³/mol. The lowest BCUT2D eigenvalue weighted by atomic mass is 10.0. The highest BCUT2D eigenvalue weighted by Crippen LogP contribution is 2.42. The van der Waals surface area contributed by atoms with Crippen LogP contribution < -0.4 is 15.2 Å². The molecule has 1 saturated heterocycles. The van der Waals surface area contributed by atoms with E-state index in [1.807, 2.05) is 18.2 Å². The van der Waals surface area contributed by atoms with Crippen molar-refractivity contribution in [1.82, 2.24) is 5.16 Å². The van der Waals surface area contributed by atoms with Crippen molar-refractivity contribution in [3.63, 3.8) is 0 Å². The van der Waals surface area contributed by atoms with Crippen molar-refractivity contribution in [2.24, 2.45) is 0 Å². The van der Waals surface area contributed by atoms with Gasteiger partial charge in [-0.2, -0.15) is 0 Å². The van der Waals surface area contributed by atoms with Crippen molar-refractivity contribution in [2.45, 2.75) is 18.9 Å². The van der Waals surface area contributed by atoms with Crippen molar-refractivity contribution in [3.8, 4) is 22.6 Å². The SMILES string of the molecule is Nc1onc(C2CCCO2)c1-c1ccc2c(c1)OCO2. The fourth-order valence-electron chi connectivity index (χ4n) is 2.67. The summed E-state index contributed by atoms with van der Waals surface area (Å²) in [5, 5.41) is 4.07. The Hall–Kier alpha value is -2.21. The number of nitrogens with zero attached hydrogens (tertiary/aromatic N) is 1. The van der Waals surface area contributed by atoms with Gasteiger partial charge in [0.2, 0.25) is 12.7 Å². The van der Waals surface area contributed by atoms with Crippen LogP contribution in [0.2, 0.25) is 0 Å². The highest BCUT2D eigenvalue weighted by atomic mass is 16.7. The van der Waals surface area contributed by atoms with E-state index in [0.29, 0.717) is 11.6 Å². The van der Waals surface area contributed by atoms with E-state index in [2.05, 4.69) is 5.16 Å². The van der Waals surface area contributed by atoms with Crippen LogP contribution in [0, 0.1) is 0 Å². The lowest BCUT2D eigenvalue weighted by molar-refractivity contribution is 0.106. The number of benzene rings is 1.